The van der Waals surface area contributed by atoms with Crippen LogP contribution in [0.15, 0.2) is 17.1 Å². The number of hydrogen-bond acceptors (Lipinski definition) is 4. The van der Waals surface area contributed by atoms with E-state index in [4.69, 9.17) is 40.9 Å². The third-order valence-electron chi connectivity index (χ3n) is 2.99. The van der Waals surface area contributed by atoms with E-state index in [0.29, 0.717) is 41.4 Å². The highest BCUT2D eigenvalue weighted by Gasteiger charge is 2.32. The van der Waals surface area contributed by atoms with Crippen molar-refractivity contribution in [1.29, 1.82) is 0 Å². The Bertz CT molecular complexity index is 562. The fourth-order valence-corrected chi connectivity index (χ4v) is 2.00. The van der Waals surface area contributed by atoms with Crippen molar-refractivity contribution >= 4 is 48.1 Å². The Morgan fingerprint density at radius 2 is 1.89 bits per heavy atom. The van der Waals surface area contributed by atoms with Crippen LogP contribution in [-0.2, 0) is 0 Å². The summed E-state index contributed by atoms with van der Waals surface area (Å²) in [4.78, 5) is 4.22. The molecule has 2 heterocycles. The molecular weight excluding hydrogens is 235 g/mol. The van der Waals surface area contributed by atoms with Gasteiger partial charge in [0.2, 0.25) is 0 Å². The molecule has 4 nitrogen and oxygen atoms in total. The molecule has 2 aliphatic heterocycles. The van der Waals surface area contributed by atoms with Crippen LogP contribution in [0.25, 0.3) is 0 Å². The first-order valence-corrected chi connectivity index (χ1v) is 5.83. The van der Waals surface area contributed by atoms with Gasteiger partial charge in [-0.05, 0) is 17.5 Å². The molecule has 8 heteroatoms. The maximum atomic E-state index is 5.78. The molecule has 1 N–H and O–H groups in total. The standard InChI is InChI=1S/C11H8B4N2O2/c12-5-1-7-8(2-6(5)13)19-9(3-18-7)10-16-4-11(14,15)17-10/h1-2,9H,3-4H2,(H,16,17). The number of nitrogens with zero attached hydrogens (tertiary/aromatic N) is 1. The van der Waals surface area contributed by atoms with Crippen molar-refractivity contribution in [3.8, 4) is 11.5 Å². The summed E-state index contributed by atoms with van der Waals surface area (Å²) in [5, 5.41) is 1.87. The average Bonchev–Trinajstić information content (AvgIpc) is 2.71. The molecule has 1 unspecified atom stereocenters. The summed E-state index contributed by atoms with van der Waals surface area (Å²) in [6.07, 6.45) is -0.385. The fraction of sp³-hybridized carbons (Fsp3) is 0.364. The SMILES string of the molecule is [B]c1cc2c(cc1[B])OC(C1=NCC([B])([B])N1)CO2. The van der Waals surface area contributed by atoms with Crippen LogP contribution in [0.2, 0.25) is 0 Å². The fourth-order valence-electron chi connectivity index (χ4n) is 2.00. The van der Waals surface area contributed by atoms with Gasteiger partial charge in [0.15, 0.2) is 17.6 Å². The number of fused-ring (bicyclic) bond motifs is 1. The molecule has 8 radical (unpaired) electrons. The summed E-state index contributed by atoms with van der Waals surface area (Å²) in [6, 6.07) is 3.27. The number of hydrogen-bond donors (Lipinski definition) is 1. The van der Waals surface area contributed by atoms with Gasteiger partial charge in [-0.2, -0.15) is 0 Å². The number of ether oxygens (including phenoxy) is 2. The molecule has 3 rings (SSSR count). The monoisotopic (exact) mass is 244 g/mol. The second kappa shape index (κ2) is 4.29. The molecule has 0 bridgehead atoms. The Hall–Kier alpha value is -1.45. The Balaban J connectivity index is 1.81. The van der Waals surface area contributed by atoms with Crippen LogP contribution in [0.1, 0.15) is 0 Å². The van der Waals surface area contributed by atoms with Crippen LogP contribution < -0.4 is 25.7 Å². The van der Waals surface area contributed by atoms with Gasteiger partial charge in [-0.3, -0.25) is 4.99 Å². The quantitative estimate of drug-likeness (QED) is 0.551. The molecule has 2 aliphatic rings. The van der Waals surface area contributed by atoms with Gasteiger partial charge in [0.1, 0.15) is 28.1 Å². The van der Waals surface area contributed by atoms with Gasteiger partial charge >= 0.3 is 0 Å². The molecule has 1 atom stereocenters. The largest absolute Gasteiger partial charge is 0.485 e. The molecule has 19 heavy (non-hydrogen) atoms. The van der Waals surface area contributed by atoms with Crippen molar-refractivity contribution in [1.82, 2.24) is 5.32 Å². The number of amidine groups is 1. The molecule has 0 saturated carbocycles. The van der Waals surface area contributed by atoms with Crippen LogP contribution in [0, 0.1) is 0 Å². The molecule has 0 spiro atoms. The second-order valence-corrected chi connectivity index (χ2v) is 4.71. The normalized spacial score (nSPS) is 23.6. The molecular formula is C11H8B4N2O2. The Labute approximate surface area is 117 Å². The molecule has 0 aliphatic carbocycles. The molecule has 86 valence electrons. The van der Waals surface area contributed by atoms with Crippen molar-refractivity contribution in [2.45, 2.75) is 11.4 Å². The first-order chi connectivity index (χ1) is 8.94. The molecule has 0 saturated heterocycles. The number of rotatable bonds is 1. The molecule has 1 aromatic rings. The zero-order valence-electron chi connectivity index (χ0n) is 10.2. The molecule has 0 amide bonds. The lowest BCUT2D eigenvalue weighted by Crippen LogP contribution is -2.52. The highest BCUT2D eigenvalue weighted by Crippen LogP contribution is 2.30. The van der Waals surface area contributed by atoms with Gasteiger partial charge < -0.3 is 14.8 Å². The predicted molar refractivity (Wildman–Crippen MR) is 76.8 cm³/mol. The summed E-state index contributed by atoms with van der Waals surface area (Å²) in [5.41, 5.74) is 0.899. The first-order valence-electron chi connectivity index (χ1n) is 5.83. The van der Waals surface area contributed by atoms with E-state index in [-0.39, 0.29) is 6.10 Å². The number of nitrogens with one attached hydrogen (secondary N) is 1. The summed E-state index contributed by atoms with van der Waals surface area (Å²) in [5.74, 6) is 1.67. The predicted octanol–water partition coefficient (Wildman–Crippen LogP) is -2.59. The van der Waals surface area contributed by atoms with E-state index < -0.39 is 5.34 Å². The summed E-state index contributed by atoms with van der Waals surface area (Å²) < 4.78 is 11.4. The van der Waals surface area contributed by atoms with Crippen molar-refractivity contribution in [2.24, 2.45) is 4.99 Å². The van der Waals surface area contributed by atoms with Crippen LogP contribution in [0.5, 0.6) is 11.5 Å². The smallest absolute Gasteiger partial charge is 0.189 e. The molecule has 0 fully saturated rings. The van der Waals surface area contributed by atoms with E-state index in [1.54, 1.807) is 12.1 Å². The number of aliphatic imine (C=N–C) groups is 1. The van der Waals surface area contributed by atoms with Gasteiger partial charge in [0.25, 0.3) is 0 Å². The first kappa shape index (κ1) is 12.6. The van der Waals surface area contributed by atoms with Gasteiger partial charge in [-0.15, -0.1) is 0 Å². The van der Waals surface area contributed by atoms with Crippen LogP contribution in [0.3, 0.4) is 0 Å². The lowest BCUT2D eigenvalue weighted by molar-refractivity contribution is 0.133. The van der Waals surface area contributed by atoms with Gasteiger partial charge in [-0.1, -0.05) is 10.9 Å². The zero-order chi connectivity index (χ0) is 13.6. The second-order valence-electron chi connectivity index (χ2n) is 4.71. The summed E-state index contributed by atoms with van der Waals surface area (Å²) >= 11 is 0. The van der Waals surface area contributed by atoms with E-state index in [1.807, 2.05) is 0 Å². The van der Waals surface area contributed by atoms with E-state index in [0.717, 1.165) is 0 Å². The minimum atomic E-state index is -1.03. The topological polar surface area (TPSA) is 42.8 Å². The van der Waals surface area contributed by atoms with Crippen LogP contribution >= 0.6 is 0 Å². The van der Waals surface area contributed by atoms with E-state index in [2.05, 4.69) is 10.3 Å². The van der Waals surface area contributed by atoms with E-state index in [1.165, 1.54) is 0 Å². The average molecular weight is 243 g/mol. The van der Waals surface area contributed by atoms with Crippen molar-refractivity contribution in [3.05, 3.63) is 12.1 Å². The van der Waals surface area contributed by atoms with Crippen molar-refractivity contribution in [3.63, 3.8) is 0 Å². The van der Waals surface area contributed by atoms with Crippen molar-refractivity contribution in [2.75, 3.05) is 13.2 Å². The maximum absolute atomic E-state index is 5.78. The Kier molecular flexibility index (Phi) is 2.84. The van der Waals surface area contributed by atoms with Gasteiger partial charge in [0, 0.05) is 6.54 Å². The minimum absolute atomic E-state index is 0.291. The van der Waals surface area contributed by atoms with Gasteiger partial charge in [0.05, 0.1) is 15.7 Å². The van der Waals surface area contributed by atoms with E-state index >= 15 is 0 Å². The van der Waals surface area contributed by atoms with Gasteiger partial charge in [-0.25, -0.2) is 0 Å². The highest BCUT2D eigenvalue weighted by molar-refractivity contribution is 6.48. The maximum Gasteiger partial charge on any atom is 0.189 e. The molecule has 0 aromatic heterocycles. The Morgan fingerprint density at radius 3 is 2.53 bits per heavy atom. The molecule has 1 aromatic carbocycles. The van der Waals surface area contributed by atoms with Crippen LogP contribution in [0.4, 0.5) is 0 Å². The van der Waals surface area contributed by atoms with E-state index in [9.17, 15) is 0 Å². The lowest BCUT2D eigenvalue weighted by atomic mass is 9.62. The zero-order valence-corrected chi connectivity index (χ0v) is 10.2. The van der Waals surface area contributed by atoms with Crippen molar-refractivity contribution < 1.29 is 9.47 Å². The summed E-state index contributed by atoms with van der Waals surface area (Å²) in [7, 11) is 22.9. The summed E-state index contributed by atoms with van der Waals surface area (Å²) in [6.45, 7) is 0.594. The van der Waals surface area contributed by atoms with Crippen LogP contribution in [-0.4, -0.2) is 61.8 Å². The lowest BCUT2D eigenvalue weighted by Gasteiger charge is -2.29. The number of benzene rings is 1. The minimum Gasteiger partial charge on any atom is -0.485 e. The third kappa shape index (κ3) is 2.36. The Morgan fingerprint density at radius 1 is 1.21 bits per heavy atom. The third-order valence-corrected chi connectivity index (χ3v) is 2.99. The highest BCUT2D eigenvalue weighted by atomic mass is 16.6.